The third-order valence-electron chi connectivity index (χ3n) is 10.2. The highest BCUT2D eigenvalue weighted by Crippen LogP contribution is 2.50. The summed E-state index contributed by atoms with van der Waals surface area (Å²) in [6, 6.07) is 9.57. The standard InChI is InChI=1S/C39H53N6O10P/c1-8-26(9-2)19-50-38(48)25(7)44-56(49,55-30-16-12-14-27-13-10-11-15-28(27)30)51-20-31-33(52-36(46)23(3)4)34(53-37(47)24(5)6)39(21-40,54-31)32-18-17-29-35(41)42-22-43-45(29)32/h12,14,16-18,22-26,31,33-34H,8-11,13,15,19-20H2,1-7H3,(H,44,49)(H2,41,42,43)/t25-,31+,33+,34+,39-,56-/m0/s1. The normalized spacial score (nSPS) is 22.3. The molecule has 0 unspecified atom stereocenters. The lowest BCUT2D eigenvalue weighted by molar-refractivity contribution is -0.173. The molecule has 0 spiro atoms. The summed E-state index contributed by atoms with van der Waals surface area (Å²) in [5.41, 5.74) is 6.32. The number of nitrogens with two attached hydrogens (primary N) is 1. The zero-order valence-electron chi connectivity index (χ0n) is 33.1. The number of aryl methyl sites for hydroxylation is 1. The Kier molecular flexibility index (Phi) is 13.8. The summed E-state index contributed by atoms with van der Waals surface area (Å²) < 4.78 is 52.6. The van der Waals surface area contributed by atoms with Crippen LogP contribution in [0.1, 0.15) is 91.0 Å². The van der Waals surface area contributed by atoms with E-state index in [0.29, 0.717) is 17.7 Å². The second-order valence-electron chi connectivity index (χ2n) is 14.9. The van der Waals surface area contributed by atoms with Crippen LogP contribution in [0.4, 0.5) is 5.82 Å². The Bertz CT molecular complexity index is 1980. The van der Waals surface area contributed by atoms with Gasteiger partial charge >= 0.3 is 25.7 Å². The monoisotopic (exact) mass is 796 g/mol. The van der Waals surface area contributed by atoms with E-state index in [4.69, 9.17) is 33.7 Å². The number of fused-ring (bicyclic) bond motifs is 2. The lowest BCUT2D eigenvalue weighted by Gasteiger charge is -2.29. The van der Waals surface area contributed by atoms with Crippen molar-refractivity contribution in [2.75, 3.05) is 18.9 Å². The molecule has 0 radical (unpaired) electrons. The Balaban J connectivity index is 1.55. The highest BCUT2D eigenvalue weighted by molar-refractivity contribution is 7.52. The molecule has 0 bridgehead atoms. The molecular weight excluding hydrogens is 743 g/mol. The first-order valence-corrected chi connectivity index (χ1v) is 20.8. The maximum absolute atomic E-state index is 14.9. The zero-order chi connectivity index (χ0) is 40.8. The van der Waals surface area contributed by atoms with E-state index >= 15 is 0 Å². The van der Waals surface area contributed by atoms with E-state index in [0.717, 1.165) is 43.2 Å². The molecule has 0 amide bonds. The Hall–Kier alpha value is -4.55. The lowest BCUT2D eigenvalue weighted by atomic mass is 9.91. The Morgan fingerprint density at radius 1 is 1.04 bits per heavy atom. The number of aromatic nitrogens is 3. The van der Waals surface area contributed by atoms with Crippen molar-refractivity contribution in [2.45, 2.75) is 117 Å². The second kappa shape index (κ2) is 18.1. The molecule has 3 heterocycles. The van der Waals surface area contributed by atoms with Crippen molar-refractivity contribution in [1.82, 2.24) is 19.7 Å². The van der Waals surface area contributed by atoms with Crippen LogP contribution in [0.3, 0.4) is 0 Å². The van der Waals surface area contributed by atoms with E-state index < -0.39 is 74.1 Å². The second-order valence-corrected chi connectivity index (χ2v) is 16.6. The van der Waals surface area contributed by atoms with E-state index in [9.17, 15) is 24.2 Å². The Morgan fingerprint density at radius 2 is 1.73 bits per heavy atom. The van der Waals surface area contributed by atoms with Crippen LogP contribution in [0.25, 0.3) is 5.52 Å². The molecule has 304 valence electrons. The fourth-order valence-electron chi connectivity index (χ4n) is 6.70. The highest BCUT2D eigenvalue weighted by atomic mass is 31.2. The number of hydrogen-bond acceptors (Lipinski definition) is 14. The van der Waals surface area contributed by atoms with Gasteiger partial charge < -0.3 is 29.2 Å². The molecule has 0 saturated carbocycles. The molecule has 16 nitrogen and oxygen atoms in total. The number of esters is 3. The quantitative estimate of drug-likeness (QED) is 0.0965. The number of carbonyl (C=O) groups is 3. The number of nitrogen functional groups attached to an aromatic ring is 1. The molecule has 6 atom stereocenters. The number of nitrogens with one attached hydrogen (secondary N) is 1. The molecule has 1 aromatic carbocycles. The SMILES string of the molecule is CCC(CC)COC(=O)[C@H](C)N[P@](=O)(OC[C@H]1O[C@@](C#N)(c2ccc3c(N)ncnn23)[C@H](OC(=O)C(C)C)[C@@H]1OC(=O)C(C)C)Oc1cccc2c1CCCC2. The number of nitrogens with zero attached hydrogens (tertiary/aromatic N) is 4. The number of rotatable bonds is 17. The third-order valence-corrected chi connectivity index (χ3v) is 11.8. The molecule has 3 aromatic rings. The fraction of sp³-hybridized carbons (Fsp3) is 0.590. The largest absolute Gasteiger partial charge is 0.464 e. The van der Waals surface area contributed by atoms with Crippen LogP contribution in [0.5, 0.6) is 5.75 Å². The molecule has 1 aliphatic heterocycles. The van der Waals surface area contributed by atoms with E-state index in [-0.39, 0.29) is 24.0 Å². The number of nitriles is 1. The van der Waals surface area contributed by atoms with Crippen LogP contribution in [0.15, 0.2) is 36.7 Å². The van der Waals surface area contributed by atoms with Gasteiger partial charge in [0.15, 0.2) is 18.0 Å². The number of ether oxygens (including phenoxy) is 4. The van der Waals surface area contributed by atoms with Crippen LogP contribution in [-0.4, -0.2) is 70.1 Å². The van der Waals surface area contributed by atoms with Crippen molar-refractivity contribution >= 4 is 37.0 Å². The topological polar surface area (TPSA) is 216 Å². The summed E-state index contributed by atoms with van der Waals surface area (Å²) in [6.07, 6.45) is 1.82. The molecule has 2 aromatic heterocycles. The smallest absolute Gasteiger partial charge is 0.459 e. The van der Waals surface area contributed by atoms with Crippen molar-refractivity contribution in [1.29, 1.82) is 5.26 Å². The van der Waals surface area contributed by atoms with Gasteiger partial charge in [-0.05, 0) is 67.9 Å². The van der Waals surface area contributed by atoms with Crippen LogP contribution in [0.2, 0.25) is 0 Å². The molecule has 2 aliphatic rings. The van der Waals surface area contributed by atoms with Gasteiger partial charge in [-0.1, -0.05) is 66.5 Å². The minimum absolute atomic E-state index is 0.0982. The minimum Gasteiger partial charge on any atom is -0.464 e. The highest BCUT2D eigenvalue weighted by Gasteiger charge is 2.63. The summed E-state index contributed by atoms with van der Waals surface area (Å²) in [5.74, 6) is -2.75. The van der Waals surface area contributed by atoms with Gasteiger partial charge in [0.2, 0.25) is 5.60 Å². The first-order chi connectivity index (χ1) is 26.7. The predicted octanol–water partition coefficient (Wildman–Crippen LogP) is 5.60. The van der Waals surface area contributed by atoms with Gasteiger partial charge in [0, 0.05) is 0 Å². The van der Waals surface area contributed by atoms with Crippen LogP contribution >= 0.6 is 7.75 Å². The van der Waals surface area contributed by atoms with Crippen molar-refractivity contribution in [2.24, 2.45) is 17.8 Å². The molecule has 1 saturated heterocycles. The lowest BCUT2D eigenvalue weighted by Crippen LogP contribution is -2.47. The number of carbonyl (C=O) groups excluding carboxylic acids is 3. The molecule has 1 aliphatic carbocycles. The van der Waals surface area contributed by atoms with Crippen molar-refractivity contribution < 1.29 is 46.9 Å². The summed E-state index contributed by atoms with van der Waals surface area (Å²) in [5, 5.41) is 18.0. The molecule has 56 heavy (non-hydrogen) atoms. The maximum Gasteiger partial charge on any atom is 0.459 e. The summed E-state index contributed by atoms with van der Waals surface area (Å²) in [7, 11) is -4.51. The summed E-state index contributed by atoms with van der Waals surface area (Å²) in [4.78, 5) is 43.8. The van der Waals surface area contributed by atoms with E-state index in [1.54, 1.807) is 45.9 Å². The van der Waals surface area contributed by atoms with E-state index in [1.165, 1.54) is 23.8 Å². The minimum atomic E-state index is -4.51. The molecule has 1 fully saturated rings. The van der Waals surface area contributed by atoms with Gasteiger partial charge in [-0.25, -0.2) is 14.1 Å². The molecule has 3 N–H and O–H groups in total. The number of benzene rings is 1. The fourth-order valence-corrected chi connectivity index (χ4v) is 8.23. The Labute approximate surface area is 327 Å². The van der Waals surface area contributed by atoms with E-state index in [2.05, 4.69) is 21.2 Å². The maximum atomic E-state index is 14.9. The number of hydrogen-bond donors (Lipinski definition) is 2. The summed E-state index contributed by atoms with van der Waals surface area (Å²) >= 11 is 0. The van der Waals surface area contributed by atoms with Crippen molar-refractivity contribution in [3.63, 3.8) is 0 Å². The average Bonchev–Trinajstić information content (AvgIpc) is 3.74. The summed E-state index contributed by atoms with van der Waals surface area (Å²) in [6.45, 7) is 11.5. The first kappa shape index (κ1) is 42.6. The average molecular weight is 797 g/mol. The molecule has 17 heteroatoms. The van der Waals surface area contributed by atoms with Crippen LogP contribution in [0, 0.1) is 29.1 Å². The number of anilines is 1. The first-order valence-electron chi connectivity index (χ1n) is 19.2. The van der Waals surface area contributed by atoms with Gasteiger partial charge in [-0.15, -0.1) is 0 Å². The van der Waals surface area contributed by atoms with Gasteiger partial charge in [-0.3, -0.25) is 18.9 Å². The van der Waals surface area contributed by atoms with Gasteiger partial charge in [-0.2, -0.15) is 15.4 Å². The van der Waals surface area contributed by atoms with Gasteiger partial charge in [0.05, 0.1) is 30.7 Å². The van der Waals surface area contributed by atoms with E-state index in [1.807, 2.05) is 19.9 Å². The zero-order valence-corrected chi connectivity index (χ0v) is 34.0. The Morgan fingerprint density at radius 3 is 2.41 bits per heavy atom. The van der Waals surface area contributed by atoms with Crippen LogP contribution < -0.4 is 15.3 Å². The van der Waals surface area contributed by atoms with Gasteiger partial charge in [0.1, 0.15) is 35.8 Å². The molecule has 5 rings (SSSR count). The molecular formula is C39H53N6O10P. The van der Waals surface area contributed by atoms with Crippen LogP contribution in [-0.2, 0) is 60.9 Å². The van der Waals surface area contributed by atoms with Gasteiger partial charge in [0.25, 0.3) is 0 Å². The third kappa shape index (κ3) is 9.18. The van der Waals surface area contributed by atoms with Crippen molar-refractivity contribution in [3.05, 3.63) is 53.5 Å². The predicted molar refractivity (Wildman–Crippen MR) is 204 cm³/mol. The van der Waals surface area contributed by atoms with Crippen molar-refractivity contribution in [3.8, 4) is 11.8 Å².